The fourth-order valence-corrected chi connectivity index (χ4v) is 4.31. The zero-order valence-electron chi connectivity index (χ0n) is 26.7. The molecule has 6 aromatic rings. The van der Waals surface area contributed by atoms with Gasteiger partial charge in [0.05, 0.1) is 12.2 Å². The minimum atomic E-state index is -0.591. The predicted molar refractivity (Wildman–Crippen MR) is 190 cm³/mol. The number of nitrogens with zero attached hydrogens (tertiary/aromatic N) is 2. The first-order valence-corrected chi connectivity index (χ1v) is 15.4. The maximum atomic E-state index is 10.0. The molecule has 0 aliphatic heterocycles. The average Bonchev–Trinajstić information content (AvgIpc) is 3.14. The molecule has 0 spiro atoms. The molecular formula is C42H42IrN2O2-2. The van der Waals surface area contributed by atoms with Gasteiger partial charge in [0, 0.05) is 38.9 Å². The van der Waals surface area contributed by atoms with Gasteiger partial charge in [0.15, 0.2) is 0 Å². The van der Waals surface area contributed by atoms with Crippen LogP contribution in [-0.2, 0) is 26.5 Å². The molecule has 5 heteroatoms. The summed E-state index contributed by atoms with van der Waals surface area (Å²) >= 11 is 0. The van der Waals surface area contributed by atoms with Gasteiger partial charge in [-0.25, -0.2) is 0 Å². The molecule has 6 rings (SSSR count). The fourth-order valence-electron chi connectivity index (χ4n) is 4.31. The van der Waals surface area contributed by atoms with E-state index in [0.717, 1.165) is 34.5 Å². The van der Waals surface area contributed by atoms with Crippen LogP contribution in [0.2, 0.25) is 0 Å². The Morgan fingerprint density at radius 2 is 1.09 bits per heavy atom. The minimum Gasteiger partial charge on any atom is -0.393 e. The number of aromatic nitrogens is 2. The molecule has 4 aromatic carbocycles. The first kappa shape index (κ1) is 38.7. The minimum absolute atomic E-state index is 0. The van der Waals surface area contributed by atoms with Crippen molar-refractivity contribution < 1.29 is 30.3 Å². The summed E-state index contributed by atoms with van der Waals surface area (Å²) < 4.78 is 0. The molecule has 0 aliphatic carbocycles. The summed E-state index contributed by atoms with van der Waals surface area (Å²) in [6.45, 7) is 5.25. The number of rotatable bonds is 8. The smallest absolute Gasteiger partial charge is 0.0814 e. The van der Waals surface area contributed by atoms with Crippen molar-refractivity contribution >= 4 is 0 Å². The summed E-state index contributed by atoms with van der Waals surface area (Å²) in [7, 11) is 0. The van der Waals surface area contributed by atoms with Crippen LogP contribution in [0.5, 0.6) is 0 Å². The molecule has 2 heterocycles. The van der Waals surface area contributed by atoms with Crippen LogP contribution in [-0.4, -0.2) is 26.3 Å². The Bertz CT molecular complexity index is 1440. The van der Waals surface area contributed by atoms with Crippen LogP contribution in [0.15, 0.2) is 171 Å². The molecule has 1 radical (unpaired) electrons. The van der Waals surface area contributed by atoms with Gasteiger partial charge in [0.25, 0.3) is 0 Å². The number of aliphatic hydroxyl groups is 2. The van der Waals surface area contributed by atoms with E-state index < -0.39 is 12.2 Å². The third-order valence-corrected chi connectivity index (χ3v) is 6.59. The van der Waals surface area contributed by atoms with Gasteiger partial charge in [-0.3, -0.25) is 0 Å². The summed E-state index contributed by atoms with van der Waals surface area (Å²) in [5, 5.41) is 20.0. The Balaban J connectivity index is 0.000000240. The van der Waals surface area contributed by atoms with Crippen LogP contribution in [0, 0.1) is 12.1 Å². The monoisotopic (exact) mass is 799 g/mol. The molecule has 0 amide bonds. The maximum Gasteiger partial charge on any atom is 0.0814 e. The van der Waals surface area contributed by atoms with E-state index in [1.54, 1.807) is 18.5 Å². The molecule has 243 valence electrons. The molecule has 2 N–H and O–H groups in total. The van der Waals surface area contributed by atoms with Crippen LogP contribution < -0.4 is 0 Å². The molecule has 0 bridgehead atoms. The van der Waals surface area contributed by atoms with E-state index in [1.165, 1.54) is 5.56 Å². The zero-order chi connectivity index (χ0) is 32.7. The predicted octanol–water partition coefficient (Wildman–Crippen LogP) is 9.39. The van der Waals surface area contributed by atoms with E-state index in [9.17, 15) is 10.2 Å². The second kappa shape index (κ2) is 23.8. The summed E-state index contributed by atoms with van der Waals surface area (Å²) in [5.41, 5.74) is 6.10. The largest absolute Gasteiger partial charge is 0.393 e. The quantitative estimate of drug-likeness (QED) is 0.119. The topological polar surface area (TPSA) is 66.2 Å². The first-order valence-electron chi connectivity index (χ1n) is 15.4. The van der Waals surface area contributed by atoms with Crippen molar-refractivity contribution in [1.82, 2.24) is 9.97 Å². The van der Waals surface area contributed by atoms with Gasteiger partial charge in [0.2, 0.25) is 0 Å². The standard InChI is InChI=1S/C17H20O2.2C11H8N.C3H6.Ir/c18-16(12-11-14-7-3-1-4-8-14)13-17(19)15-9-5-2-6-10-15;2*1-2-6-10(7-3-1)11-8-4-5-9-12-11;1-3-2;/h1-10,16-19H,11-13H2;2*1-6,8-9H;3H,1H2,2H3;/q;2*-1;;. The fraction of sp³-hybridized carbons (Fsp3) is 0.143. The average molecular weight is 799 g/mol. The number of aliphatic hydroxyl groups excluding tert-OH is 2. The SMILES string of the molecule is C=CC.OC(CCc1ccccc1)CC(O)c1ccccc1.[Ir].[c-]1ccccc1-c1ccccn1.[c-]1ccccc1-c1ccccn1. The Morgan fingerprint density at radius 3 is 1.51 bits per heavy atom. The number of allylic oxidation sites excluding steroid dienone is 1. The molecule has 0 saturated carbocycles. The molecule has 2 unspecified atom stereocenters. The maximum absolute atomic E-state index is 10.0. The van der Waals surface area contributed by atoms with E-state index in [1.807, 2.05) is 140 Å². The summed E-state index contributed by atoms with van der Waals surface area (Å²) in [4.78, 5) is 8.44. The van der Waals surface area contributed by atoms with Crippen LogP contribution in [0.25, 0.3) is 22.5 Å². The van der Waals surface area contributed by atoms with E-state index in [4.69, 9.17) is 0 Å². The second-order valence-electron chi connectivity index (χ2n) is 10.2. The third kappa shape index (κ3) is 15.6. The summed E-state index contributed by atoms with van der Waals surface area (Å²) in [5.74, 6) is 0. The van der Waals surface area contributed by atoms with E-state index in [2.05, 4.69) is 40.8 Å². The Morgan fingerprint density at radius 1 is 0.638 bits per heavy atom. The summed E-state index contributed by atoms with van der Waals surface area (Å²) in [6.07, 6.45) is 6.16. The molecule has 0 aliphatic rings. The number of pyridine rings is 2. The van der Waals surface area contributed by atoms with Gasteiger partial charge in [-0.05, 0) is 54.4 Å². The Labute approximate surface area is 293 Å². The van der Waals surface area contributed by atoms with Crippen LogP contribution in [0.4, 0.5) is 0 Å². The number of aryl methyl sites for hydroxylation is 1. The van der Waals surface area contributed by atoms with Crippen molar-refractivity contribution in [2.24, 2.45) is 0 Å². The van der Waals surface area contributed by atoms with E-state index >= 15 is 0 Å². The third-order valence-electron chi connectivity index (χ3n) is 6.59. The molecule has 4 nitrogen and oxygen atoms in total. The van der Waals surface area contributed by atoms with Crippen LogP contribution >= 0.6 is 0 Å². The molecular weight excluding hydrogens is 757 g/mol. The Hall–Kier alpha value is -4.51. The molecule has 2 aromatic heterocycles. The number of benzene rings is 4. The van der Waals surface area contributed by atoms with Gasteiger partial charge in [-0.2, -0.15) is 0 Å². The van der Waals surface area contributed by atoms with Crippen molar-refractivity contribution in [1.29, 1.82) is 0 Å². The van der Waals surface area contributed by atoms with E-state index in [-0.39, 0.29) is 20.1 Å². The molecule has 2 atom stereocenters. The van der Waals surface area contributed by atoms with Crippen molar-refractivity contribution in [3.63, 3.8) is 0 Å². The second-order valence-corrected chi connectivity index (χ2v) is 10.2. The van der Waals surface area contributed by atoms with E-state index in [0.29, 0.717) is 12.8 Å². The van der Waals surface area contributed by atoms with Gasteiger partial charge in [-0.1, -0.05) is 91.0 Å². The molecule has 0 fully saturated rings. The van der Waals surface area contributed by atoms with Crippen molar-refractivity contribution in [3.05, 3.63) is 194 Å². The summed E-state index contributed by atoms with van der Waals surface area (Å²) in [6, 6.07) is 53.2. The van der Waals surface area contributed by atoms with Gasteiger partial charge >= 0.3 is 0 Å². The number of hydrogen-bond donors (Lipinski definition) is 2. The number of hydrogen-bond acceptors (Lipinski definition) is 4. The van der Waals surface area contributed by atoms with Crippen LogP contribution in [0.1, 0.15) is 37.0 Å². The molecule has 0 saturated heterocycles. The van der Waals surface area contributed by atoms with Crippen molar-refractivity contribution in [2.75, 3.05) is 0 Å². The first-order chi connectivity index (χ1) is 22.6. The molecule has 47 heavy (non-hydrogen) atoms. The van der Waals surface area contributed by atoms with Crippen molar-refractivity contribution in [3.8, 4) is 22.5 Å². The van der Waals surface area contributed by atoms with Gasteiger partial charge < -0.3 is 20.2 Å². The van der Waals surface area contributed by atoms with Gasteiger partial charge in [0.1, 0.15) is 0 Å². The zero-order valence-corrected chi connectivity index (χ0v) is 29.1. The normalized spacial score (nSPS) is 10.9. The Kier molecular flexibility index (Phi) is 19.6. The van der Waals surface area contributed by atoms with Crippen LogP contribution in [0.3, 0.4) is 0 Å². The van der Waals surface area contributed by atoms with Crippen molar-refractivity contribution in [2.45, 2.75) is 38.4 Å². The van der Waals surface area contributed by atoms with Gasteiger partial charge in [-0.15, -0.1) is 78.4 Å².